The lowest BCUT2D eigenvalue weighted by atomic mass is 10.1. The molecule has 0 atom stereocenters. The maximum absolute atomic E-state index is 12.5. The smallest absolute Gasteiger partial charge is 0.293 e. The minimum Gasteiger partial charge on any atom is -0.458 e. The van der Waals surface area contributed by atoms with Crippen LogP contribution >= 0.6 is 11.3 Å². The van der Waals surface area contributed by atoms with Crippen LogP contribution in [0.15, 0.2) is 40.1 Å². The number of carbonyl (C=O) groups is 1. The van der Waals surface area contributed by atoms with Crippen molar-refractivity contribution in [2.75, 3.05) is 18.0 Å². The summed E-state index contributed by atoms with van der Waals surface area (Å²) in [6, 6.07) is 8.22. The van der Waals surface area contributed by atoms with Gasteiger partial charge in [0.25, 0.3) is 11.6 Å². The van der Waals surface area contributed by atoms with Gasteiger partial charge in [0.2, 0.25) is 0 Å². The summed E-state index contributed by atoms with van der Waals surface area (Å²) in [4.78, 5) is 29.9. The maximum atomic E-state index is 12.5. The van der Waals surface area contributed by atoms with Crippen LogP contribution in [0.2, 0.25) is 0 Å². The highest BCUT2D eigenvalue weighted by Crippen LogP contribution is 2.31. The van der Waals surface area contributed by atoms with Crippen molar-refractivity contribution in [2.45, 2.75) is 26.3 Å². The van der Waals surface area contributed by atoms with Crippen LogP contribution in [0.4, 0.5) is 11.4 Å². The molecule has 9 heteroatoms. The number of amides is 1. The lowest BCUT2D eigenvalue weighted by Gasteiger charge is -2.17. The number of furan rings is 1. The zero-order valence-corrected chi connectivity index (χ0v) is 16.7. The predicted molar refractivity (Wildman–Crippen MR) is 110 cm³/mol. The summed E-state index contributed by atoms with van der Waals surface area (Å²) in [5, 5.41) is 17.1. The van der Waals surface area contributed by atoms with Crippen LogP contribution in [0.1, 0.15) is 34.0 Å². The molecule has 0 bridgehead atoms. The van der Waals surface area contributed by atoms with Gasteiger partial charge in [0.15, 0.2) is 5.76 Å². The molecule has 8 nitrogen and oxygen atoms in total. The second-order valence-corrected chi connectivity index (χ2v) is 7.92. The van der Waals surface area contributed by atoms with Crippen molar-refractivity contribution < 1.29 is 14.1 Å². The Morgan fingerprint density at radius 1 is 1.31 bits per heavy atom. The molecule has 1 saturated heterocycles. The van der Waals surface area contributed by atoms with Gasteiger partial charge in [-0.25, -0.2) is 4.98 Å². The van der Waals surface area contributed by atoms with Crippen molar-refractivity contribution in [1.82, 2.24) is 10.3 Å². The third kappa shape index (κ3) is 4.14. The largest absolute Gasteiger partial charge is 0.458 e. The molecule has 3 aromatic rings. The summed E-state index contributed by atoms with van der Waals surface area (Å²) in [7, 11) is 0. The SMILES string of the molecule is Cc1nc(-c2ccc(CNC(=O)c3ccc(N4CCCC4)c([N+](=O)[O-])c3)o2)cs1. The maximum Gasteiger partial charge on any atom is 0.293 e. The summed E-state index contributed by atoms with van der Waals surface area (Å²) in [5.41, 5.74) is 1.54. The molecule has 0 aliphatic carbocycles. The number of rotatable bonds is 6. The van der Waals surface area contributed by atoms with E-state index in [1.165, 1.54) is 17.4 Å². The Morgan fingerprint density at radius 2 is 2.10 bits per heavy atom. The van der Waals surface area contributed by atoms with Gasteiger partial charge >= 0.3 is 0 Å². The summed E-state index contributed by atoms with van der Waals surface area (Å²) < 4.78 is 5.73. The van der Waals surface area contributed by atoms with Crippen molar-refractivity contribution in [3.8, 4) is 11.5 Å². The molecule has 0 spiro atoms. The number of nitrogens with zero attached hydrogens (tertiary/aromatic N) is 3. The van der Waals surface area contributed by atoms with E-state index >= 15 is 0 Å². The third-order valence-corrected chi connectivity index (χ3v) is 5.61. The van der Waals surface area contributed by atoms with Gasteiger partial charge in [-0.15, -0.1) is 11.3 Å². The molecule has 1 N–H and O–H groups in total. The van der Waals surface area contributed by atoms with E-state index in [-0.39, 0.29) is 23.7 Å². The zero-order valence-electron chi connectivity index (χ0n) is 15.9. The molecule has 0 unspecified atom stereocenters. The van der Waals surface area contributed by atoms with Crippen molar-refractivity contribution in [2.24, 2.45) is 0 Å². The van der Waals surface area contributed by atoms with Crippen LogP contribution in [-0.2, 0) is 6.54 Å². The van der Waals surface area contributed by atoms with E-state index in [0.29, 0.717) is 17.2 Å². The van der Waals surface area contributed by atoms with Crippen molar-refractivity contribution in [1.29, 1.82) is 0 Å². The number of benzene rings is 1. The van der Waals surface area contributed by atoms with E-state index in [0.717, 1.165) is 36.6 Å². The topological polar surface area (TPSA) is 102 Å². The Labute approximate surface area is 171 Å². The highest BCUT2D eigenvalue weighted by atomic mass is 32.1. The fraction of sp³-hybridized carbons (Fsp3) is 0.300. The molecule has 3 heterocycles. The number of anilines is 1. The third-order valence-electron chi connectivity index (χ3n) is 4.84. The Bertz CT molecular complexity index is 1050. The normalized spacial score (nSPS) is 13.6. The number of nitro groups is 1. The fourth-order valence-corrected chi connectivity index (χ4v) is 4.00. The molecule has 29 heavy (non-hydrogen) atoms. The summed E-state index contributed by atoms with van der Waals surface area (Å²) in [6.45, 7) is 3.70. The number of carbonyl (C=O) groups excluding carboxylic acids is 1. The molecule has 1 amide bonds. The number of hydrogen-bond acceptors (Lipinski definition) is 7. The van der Waals surface area contributed by atoms with Crippen LogP contribution in [0.3, 0.4) is 0 Å². The van der Waals surface area contributed by atoms with Gasteiger partial charge in [-0.05, 0) is 44.0 Å². The summed E-state index contributed by atoms with van der Waals surface area (Å²) in [6.07, 6.45) is 2.04. The monoisotopic (exact) mass is 412 g/mol. The highest BCUT2D eigenvalue weighted by molar-refractivity contribution is 7.09. The molecule has 0 radical (unpaired) electrons. The molecular weight excluding hydrogens is 392 g/mol. The number of aromatic nitrogens is 1. The predicted octanol–water partition coefficient (Wildman–Crippen LogP) is 4.15. The zero-order chi connectivity index (χ0) is 20.4. The van der Waals surface area contributed by atoms with Crippen LogP contribution in [0.5, 0.6) is 0 Å². The average molecular weight is 412 g/mol. The Balaban J connectivity index is 1.45. The molecule has 1 fully saturated rings. The van der Waals surface area contributed by atoms with Gasteiger partial charge in [-0.3, -0.25) is 14.9 Å². The first kappa shape index (κ1) is 19.1. The van der Waals surface area contributed by atoms with E-state index in [4.69, 9.17) is 4.42 Å². The van der Waals surface area contributed by atoms with E-state index in [1.807, 2.05) is 23.3 Å². The van der Waals surface area contributed by atoms with Gasteiger partial charge in [0.1, 0.15) is 17.1 Å². The first-order valence-electron chi connectivity index (χ1n) is 9.34. The molecule has 4 rings (SSSR count). The van der Waals surface area contributed by atoms with E-state index in [1.54, 1.807) is 18.2 Å². The van der Waals surface area contributed by atoms with Crippen LogP contribution < -0.4 is 10.2 Å². The minimum atomic E-state index is -0.431. The molecular formula is C20H20N4O4S. The number of thiazole rings is 1. The Hall–Kier alpha value is -3.20. The fourth-order valence-electron chi connectivity index (χ4n) is 3.39. The van der Waals surface area contributed by atoms with Gasteiger partial charge in [-0.2, -0.15) is 0 Å². The number of hydrogen-bond donors (Lipinski definition) is 1. The number of aryl methyl sites for hydroxylation is 1. The number of nitrogens with one attached hydrogen (secondary N) is 1. The van der Waals surface area contributed by atoms with Crippen LogP contribution in [0.25, 0.3) is 11.5 Å². The second kappa shape index (κ2) is 8.04. The number of nitro benzene ring substituents is 1. The molecule has 1 aliphatic rings. The van der Waals surface area contributed by atoms with Crippen molar-refractivity contribution in [3.05, 3.63) is 62.2 Å². The molecule has 1 aromatic carbocycles. The first-order chi connectivity index (χ1) is 14.0. The van der Waals surface area contributed by atoms with Gasteiger partial charge in [0, 0.05) is 30.1 Å². The lowest BCUT2D eigenvalue weighted by Crippen LogP contribution is -2.23. The summed E-state index contributed by atoms with van der Waals surface area (Å²) >= 11 is 1.54. The minimum absolute atomic E-state index is 0.0428. The van der Waals surface area contributed by atoms with Crippen LogP contribution in [-0.4, -0.2) is 28.9 Å². The van der Waals surface area contributed by atoms with Crippen molar-refractivity contribution >= 4 is 28.6 Å². The van der Waals surface area contributed by atoms with Gasteiger partial charge in [-0.1, -0.05) is 0 Å². The molecule has 1 aliphatic heterocycles. The Kier molecular flexibility index (Phi) is 5.30. The molecule has 150 valence electrons. The first-order valence-corrected chi connectivity index (χ1v) is 10.2. The van der Waals surface area contributed by atoms with Crippen molar-refractivity contribution in [3.63, 3.8) is 0 Å². The van der Waals surface area contributed by atoms with Gasteiger partial charge in [0.05, 0.1) is 16.5 Å². The van der Waals surface area contributed by atoms with Gasteiger partial charge < -0.3 is 14.6 Å². The Morgan fingerprint density at radius 3 is 2.79 bits per heavy atom. The standard InChI is InChI=1S/C20H20N4O4S/c1-13-22-16(12-29-13)19-7-5-15(28-19)11-21-20(25)14-4-6-17(18(10-14)24(26)27)23-8-2-3-9-23/h4-7,10,12H,2-3,8-9,11H2,1H3,(H,21,25). The van der Waals surface area contributed by atoms with E-state index < -0.39 is 4.92 Å². The van der Waals surface area contributed by atoms with Crippen LogP contribution in [0, 0.1) is 17.0 Å². The highest BCUT2D eigenvalue weighted by Gasteiger charge is 2.24. The lowest BCUT2D eigenvalue weighted by molar-refractivity contribution is -0.384. The average Bonchev–Trinajstić information content (AvgIpc) is 3.47. The second-order valence-electron chi connectivity index (χ2n) is 6.86. The molecule has 2 aromatic heterocycles. The summed E-state index contributed by atoms with van der Waals surface area (Å²) in [5.74, 6) is 0.843. The van der Waals surface area contributed by atoms with E-state index in [9.17, 15) is 14.9 Å². The quantitative estimate of drug-likeness (QED) is 0.482. The molecule has 0 saturated carbocycles. The van der Waals surface area contributed by atoms with E-state index in [2.05, 4.69) is 10.3 Å².